The Labute approximate surface area is 222 Å². The molecule has 38 heavy (non-hydrogen) atoms. The largest absolute Gasteiger partial charge is 0.507 e. The molecule has 4 rings (SSSR count). The number of aliphatic hydroxyl groups is 1. The highest BCUT2D eigenvalue weighted by Crippen LogP contribution is 2.43. The van der Waals surface area contributed by atoms with Gasteiger partial charge >= 0.3 is 0 Å². The van der Waals surface area contributed by atoms with Gasteiger partial charge < -0.3 is 28.6 Å². The monoisotopic (exact) mass is 519 g/mol. The molecule has 1 saturated heterocycles. The fourth-order valence-corrected chi connectivity index (χ4v) is 4.48. The van der Waals surface area contributed by atoms with Crippen LogP contribution in [0, 0.1) is 0 Å². The second kappa shape index (κ2) is 12.4. The van der Waals surface area contributed by atoms with Crippen molar-refractivity contribution in [2.75, 3.05) is 20.3 Å². The van der Waals surface area contributed by atoms with Crippen molar-refractivity contribution in [3.8, 4) is 17.2 Å². The van der Waals surface area contributed by atoms with Crippen LogP contribution in [-0.2, 0) is 16.1 Å². The highest BCUT2D eigenvalue weighted by Gasteiger charge is 2.46. The summed E-state index contributed by atoms with van der Waals surface area (Å²) in [5.41, 5.74) is 0.994. The summed E-state index contributed by atoms with van der Waals surface area (Å²) in [5.74, 6) is 0.455. The predicted molar refractivity (Wildman–Crippen MR) is 142 cm³/mol. The number of rotatable bonds is 12. The smallest absolute Gasteiger partial charge is 0.296 e. The maximum atomic E-state index is 13.3. The Morgan fingerprint density at radius 1 is 1.00 bits per heavy atom. The number of ether oxygens (including phenoxy) is 3. The molecule has 1 unspecified atom stereocenters. The third-order valence-electron chi connectivity index (χ3n) is 6.40. The van der Waals surface area contributed by atoms with E-state index in [0.717, 1.165) is 19.3 Å². The third-order valence-corrected chi connectivity index (χ3v) is 6.40. The van der Waals surface area contributed by atoms with Crippen LogP contribution < -0.4 is 14.2 Å². The second-order valence-corrected chi connectivity index (χ2v) is 8.93. The minimum absolute atomic E-state index is 0.00853. The molecule has 1 aliphatic heterocycles. The van der Waals surface area contributed by atoms with Gasteiger partial charge in [0.2, 0.25) is 0 Å². The molecule has 0 saturated carbocycles. The Balaban J connectivity index is 1.79. The molecule has 1 N–H and O–H groups in total. The highest BCUT2D eigenvalue weighted by molar-refractivity contribution is 6.46. The summed E-state index contributed by atoms with van der Waals surface area (Å²) in [4.78, 5) is 28.0. The average molecular weight is 520 g/mol. The van der Waals surface area contributed by atoms with E-state index in [9.17, 15) is 14.7 Å². The zero-order chi connectivity index (χ0) is 27.1. The molecular formula is C30H33NO7. The maximum Gasteiger partial charge on any atom is 0.296 e. The molecule has 1 atom stereocenters. The van der Waals surface area contributed by atoms with Crippen LogP contribution >= 0.6 is 0 Å². The number of furan rings is 1. The molecule has 1 aromatic heterocycles. The van der Waals surface area contributed by atoms with Gasteiger partial charge in [-0.3, -0.25) is 9.59 Å². The summed E-state index contributed by atoms with van der Waals surface area (Å²) in [6.45, 7) is 5.03. The number of carbonyl (C=O) groups is 2. The summed E-state index contributed by atoms with van der Waals surface area (Å²) >= 11 is 0. The number of likely N-dealkylation sites (tertiary alicyclic amines) is 1. The Bertz CT molecular complexity index is 1280. The normalized spacial score (nSPS) is 16.6. The number of benzene rings is 2. The van der Waals surface area contributed by atoms with Crippen LogP contribution in [0.1, 0.15) is 56.0 Å². The van der Waals surface area contributed by atoms with Gasteiger partial charge in [0.05, 0.1) is 44.7 Å². The molecule has 1 amide bonds. The highest BCUT2D eigenvalue weighted by atomic mass is 16.5. The van der Waals surface area contributed by atoms with Crippen molar-refractivity contribution in [2.24, 2.45) is 0 Å². The number of amides is 1. The van der Waals surface area contributed by atoms with Crippen LogP contribution in [0.4, 0.5) is 0 Å². The topological polar surface area (TPSA) is 98.4 Å². The van der Waals surface area contributed by atoms with E-state index in [4.69, 9.17) is 18.6 Å². The Morgan fingerprint density at radius 2 is 1.79 bits per heavy atom. The summed E-state index contributed by atoms with van der Waals surface area (Å²) in [7, 11) is 1.54. The van der Waals surface area contributed by atoms with Crippen LogP contribution in [0.2, 0.25) is 0 Å². The Hall–Kier alpha value is -4.20. The lowest BCUT2D eigenvalue weighted by Gasteiger charge is -2.25. The van der Waals surface area contributed by atoms with Crippen molar-refractivity contribution in [3.63, 3.8) is 0 Å². The molecule has 0 radical (unpaired) electrons. The van der Waals surface area contributed by atoms with Gasteiger partial charge in [0.1, 0.15) is 17.3 Å². The zero-order valence-corrected chi connectivity index (χ0v) is 21.9. The van der Waals surface area contributed by atoms with Gasteiger partial charge in [-0.05, 0) is 67.4 Å². The number of ketones is 1. The molecule has 8 heteroatoms. The number of hydrogen-bond donors (Lipinski definition) is 1. The van der Waals surface area contributed by atoms with Crippen molar-refractivity contribution in [2.45, 2.75) is 45.7 Å². The molecule has 0 aliphatic carbocycles. The predicted octanol–water partition coefficient (Wildman–Crippen LogP) is 5.88. The van der Waals surface area contributed by atoms with E-state index in [1.54, 1.807) is 61.7 Å². The lowest BCUT2D eigenvalue weighted by atomic mass is 9.95. The van der Waals surface area contributed by atoms with E-state index in [1.807, 2.05) is 6.92 Å². The van der Waals surface area contributed by atoms with Crippen molar-refractivity contribution >= 4 is 17.4 Å². The van der Waals surface area contributed by atoms with Gasteiger partial charge in [-0.15, -0.1) is 0 Å². The van der Waals surface area contributed by atoms with E-state index in [0.29, 0.717) is 47.3 Å². The Morgan fingerprint density at radius 3 is 2.45 bits per heavy atom. The molecule has 2 heterocycles. The molecule has 1 aliphatic rings. The molecule has 0 spiro atoms. The van der Waals surface area contributed by atoms with E-state index in [2.05, 4.69) is 6.92 Å². The number of carbonyl (C=O) groups excluding carboxylic acids is 2. The van der Waals surface area contributed by atoms with Gasteiger partial charge in [-0.1, -0.05) is 25.8 Å². The number of methoxy groups -OCH3 is 1. The van der Waals surface area contributed by atoms with Crippen molar-refractivity contribution in [1.29, 1.82) is 0 Å². The van der Waals surface area contributed by atoms with Gasteiger partial charge in [-0.2, -0.15) is 0 Å². The number of Topliss-reactive ketones (excluding diaryl/α,β-unsaturated/α-hetero) is 1. The van der Waals surface area contributed by atoms with Crippen LogP contribution in [0.15, 0.2) is 70.9 Å². The fraction of sp³-hybridized carbons (Fsp3) is 0.333. The molecular weight excluding hydrogens is 486 g/mol. The van der Waals surface area contributed by atoms with Crippen LogP contribution in [0.3, 0.4) is 0 Å². The second-order valence-electron chi connectivity index (χ2n) is 8.93. The quantitative estimate of drug-likeness (QED) is 0.138. The van der Waals surface area contributed by atoms with Crippen molar-refractivity contribution < 1.29 is 33.3 Å². The van der Waals surface area contributed by atoms with E-state index < -0.39 is 17.7 Å². The average Bonchev–Trinajstić information content (AvgIpc) is 3.54. The first-order chi connectivity index (χ1) is 18.5. The zero-order valence-electron chi connectivity index (χ0n) is 21.9. The number of aliphatic hydroxyl groups excluding tert-OH is 1. The lowest BCUT2D eigenvalue weighted by Crippen LogP contribution is -2.29. The fourth-order valence-electron chi connectivity index (χ4n) is 4.48. The molecule has 8 nitrogen and oxygen atoms in total. The van der Waals surface area contributed by atoms with E-state index in [1.165, 1.54) is 11.2 Å². The van der Waals surface area contributed by atoms with Gasteiger partial charge in [-0.25, -0.2) is 0 Å². The first-order valence-corrected chi connectivity index (χ1v) is 12.8. The molecule has 3 aromatic rings. The summed E-state index contributed by atoms with van der Waals surface area (Å²) in [5, 5.41) is 11.3. The SMILES string of the molecule is CCCCCOc1ccc(C2C(=C(O)c3ccc(OC)cc3)C(=O)C(=O)N2Cc2ccco2)cc1OCC. The summed E-state index contributed by atoms with van der Waals surface area (Å²) < 4.78 is 22.5. The molecule has 2 aromatic carbocycles. The van der Waals surface area contributed by atoms with Crippen LogP contribution in [0.5, 0.6) is 17.2 Å². The van der Waals surface area contributed by atoms with Gasteiger partial charge in [0.15, 0.2) is 11.5 Å². The van der Waals surface area contributed by atoms with Gasteiger partial charge in [0, 0.05) is 5.56 Å². The number of nitrogens with zero attached hydrogens (tertiary/aromatic N) is 1. The van der Waals surface area contributed by atoms with Crippen molar-refractivity contribution in [3.05, 3.63) is 83.3 Å². The summed E-state index contributed by atoms with van der Waals surface area (Å²) in [6.07, 6.45) is 4.59. The molecule has 1 fully saturated rings. The first kappa shape index (κ1) is 26.9. The minimum atomic E-state index is -0.865. The van der Waals surface area contributed by atoms with E-state index in [-0.39, 0.29) is 17.9 Å². The molecule has 200 valence electrons. The standard InChI is InChI=1S/C30H33NO7/c1-4-6-7-16-38-24-15-12-21(18-25(24)36-5-2)27-26(28(32)20-10-13-22(35-3)14-11-20)29(33)30(34)31(27)19-23-9-8-17-37-23/h8-15,17-18,27,32H,4-7,16,19H2,1-3H3. The van der Waals surface area contributed by atoms with E-state index >= 15 is 0 Å². The lowest BCUT2D eigenvalue weighted by molar-refractivity contribution is -0.140. The third kappa shape index (κ3) is 5.69. The molecule has 0 bridgehead atoms. The number of hydrogen-bond acceptors (Lipinski definition) is 7. The number of unbranched alkanes of at least 4 members (excludes halogenated alkanes) is 2. The van der Waals surface area contributed by atoms with Crippen LogP contribution in [-0.4, -0.2) is 42.0 Å². The van der Waals surface area contributed by atoms with Crippen LogP contribution in [0.25, 0.3) is 5.76 Å². The summed E-state index contributed by atoms with van der Waals surface area (Å²) in [6, 6.07) is 14.6. The minimum Gasteiger partial charge on any atom is -0.507 e. The van der Waals surface area contributed by atoms with Crippen molar-refractivity contribution in [1.82, 2.24) is 4.90 Å². The van der Waals surface area contributed by atoms with Gasteiger partial charge in [0.25, 0.3) is 11.7 Å². The first-order valence-electron chi connectivity index (χ1n) is 12.8. The maximum absolute atomic E-state index is 13.3. The Kier molecular flexibility index (Phi) is 8.73.